The first-order chi connectivity index (χ1) is 5.88. The van der Waals surface area contributed by atoms with Crippen LogP contribution in [-0.2, 0) is 0 Å². The SMILES string of the molecule is CO.N=C1COc2ccccc21. The van der Waals surface area contributed by atoms with Gasteiger partial charge in [0, 0.05) is 12.7 Å². The second kappa shape index (κ2) is 3.88. The Bertz CT molecular complexity index is 284. The molecule has 12 heavy (non-hydrogen) atoms. The molecule has 0 bridgehead atoms. The van der Waals surface area contributed by atoms with E-state index < -0.39 is 0 Å². The molecular weight excluding hydrogens is 154 g/mol. The van der Waals surface area contributed by atoms with Gasteiger partial charge in [0.1, 0.15) is 12.4 Å². The predicted molar refractivity (Wildman–Crippen MR) is 46.9 cm³/mol. The summed E-state index contributed by atoms with van der Waals surface area (Å²) in [6.45, 7) is 0.430. The lowest BCUT2D eigenvalue weighted by molar-refractivity contribution is 0.392. The number of fused-ring (bicyclic) bond motifs is 1. The fraction of sp³-hybridized carbons (Fsp3) is 0.222. The minimum Gasteiger partial charge on any atom is -0.487 e. The summed E-state index contributed by atoms with van der Waals surface area (Å²) in [5.74, 6) is 0.840. The number of rotatable bonds is 0. The van der Waals surface area contributed by atoms with Gasteiger partial charge < -0.3 is 15.3 Å². The van der Waals surface area contributed by atoms with Crippen molar-refractivity contribution in [3.8, 4) is 5.75 Å². The van der Waals surface area contributed by atoms with Gasteiger partial charge >= 0.3 is 0 Å². The van der Waals surface area contributed by atoms with Gasteiger partial charge in [0.2, 0.25) is 0 Å². The van der Waals surface area contributed by atoms with Crippen molar-refractivity contribution in [1.29, 1.82) is 5.41 Å². The van der Waals surface area contributed by atoms with E-state index in [1.165, 1.54) is 0 Å². The molecule has 0 fully saturated rings. The van der Waals surface area contributed by atoms with Crippen LogP contribution in [0.3, 0.4) is 0 Å². The van der Waals surface area contributed by atoms with Gasteiger partial charge in [0.15, 0.2) is 0 Å². The summed E-state index contributed by atoms with van der Waals surface area (Å²) < 4.78 is 5.19. The Morgan fingerprint density at radius 2 is 2.00 bits per heavy atom. The van der Waals surface area contributed by atoms with Crippen LogP contribution in [0.5, 0.6) is 5.75 Å². The predicted octanol–water partition coefficient (Wildman–Crippen LogP) is 1.06. The van der Waals surface area contributed by atoms with E-state index in [2.05, 4.69) is 0 Å². The number of hydrogen-bond donors (Lipinski definition) is 2. The second-order valence-electron chi connectivity index (χ2n) is 2.26. The molecule has 0 amide bonds. The highest BCUT2D eigenvalue weighted by Crippen LogP contribution is 2.23. The summed E-state index contributed by atoms with van der Waals surface area (Å²) in [6.07, 6.45) is 0. The summed E-state index contributed by atoms with van der Waals surface area (Å²) in [5, 5.41) is 14.4. The third kappa shape index (κ3) is 1.46. The molecule has 3 heteroatoms. The summed E-state index contributed by atoms with van der Waals surface area (Å²) in [6, 6.07) is 7.63. The van der Waals surface area contributed by atoms with Crippen LogP contribution < -0.4 is 4.74 Å². The number of hydrogen-bond acceptors (Lipinski definition) is 3. The maximum Gasteiger partial charge on any atom is 0.130 e. The van der Waals surface area contributed by atoms with E-state index in [1.54, 1.807) is 0 Å². The standard InChI is InChI=1S/C8H7NO.CH4O/c9-7-5-10-8-4-2-1-3-6(7)8;1-2/h1-4,9H,5H2;2H,1H3. The Kier molecular flexibility index (Phi) is 2.82. The highest BCUT2D eigenvalue weighted by molar-refractivity contribution is 6.03. The van der Waals surface area contributed by atoms with Crippen LogP contribution in [0.4, 0.5) is 0 Å². The van der Waals surface area contributed by atoms with Crippen LogP contribution >= 0.6 is 0 Å². The minimum absolute atomic E-state index is 0.430. The molecule has 0 spiro atoms. The molecule has 0 saturated heterocycles. The van der Waals surface area contributed by atoms with Crippen LogP contribution in [-0.4, -0.2) is 24.5 Å². The van der Waals surface area contributed by atoms with Crippen LogP contribution in [0.15, 0.2) is 24.3 Å². The van der Waals surface area contributed by atoms with Gasteiger partial charge in [-0.15, -0.1) is 0 Å². The topological polar surface area (TPSA) is 53.3 Å². The summed E-state index contributed by atoms with van der Waals surface area (Å²) >= 11 is 0. The largest absolute Gasteiger partial charge is 0.487 e. The van der Waals surface area contributed by atoms with Crippen molar-refractivity contribution < 1.29 is 9.84 Å². The van der Waals surface area contributed by atoms with Crippen LogP contribution in [0.1, 0.15) is 5.56 Å². The molecule has 0 saturated carbocycles. The van der Waals surface area contributed by atoms with Crippen LogP contribution in [0.2, 0.25) is 0 Å². The number of para-hydroxylation sites is 1. The van der Waals surface area contributed by atoms with Crippen molar-refractivity contribution in [1.82, 2.24) is 0 Å². The summed E-state index contributed by atoms with van der Waals surface area (Å²) in [7, 11) is 1.00. The molecule has 0 unspecified atom stereocenters. The Morgan fingerprint density at radius 1 is 1.33 bits per heavy atom. The van der Waals surface area contributed by atoms with E-state index in [-0.39, 0.29) is 0 Å². The number of nitrogens with one attached hydrogen (secondary N) is 1. The second-order valence-corrected chi connectivity index (χ2v) is 2.26. The lowest BCUT2D eigenvalue weighted by Gasteiger charge is -1.92. The number of aliphatic hydroxyl groups is 1. The van der Waals surface area contributed by atoms with Crippen molar-refractivity contribution in [2.75, 3.05) is 13.7 Å². The third-order valence-corrected chi connectivity index (χ3v) is 1.58. The van der Waals surface area contributed by atoms with E-state index in [0.29, 0.717) is 12.3 Å². The zero-order chi connectivity index (χ0) is 8.97. The maximum absolute atomic E-state index is 7.41. The van der Waals surface area contributed by atoms with Crippen molar-refractivity contribution in [2.24, 2.45) is 0 Å². The van der Waals surface area contributed by atoms with Gasteiger partial charge in [0.05, 0.1) is 5.71 Å². The number of ether oxygens (including phenoxy) is 1. The molecule has 1 aromatic carbocycles. The lowest BCUT2D eigenvalue weighted by Crippen LogP contribution is -1.98. The molecule has 0 atom stereocenters. The van der Waals surface area contributed by atoms with Gasteiger partial charge in [0.25, 0.3) is 0 Å². The molecule has 2 N–H and O–H groups in total. The quantitative estimate of drug-likeness (QED) is 0.603. The van der Waals surface area contributed by atoms with E-state index >= 15 is 0 Å². The number of aliphatic hydroxyl groups excluding tert-OH is 1. The molecule has 0 radical (unpaired) electrons. The van der Waals surface area contributed by atoms with Gasteiger partial charge in [-0.3, -0.25) is 0 Å². The molecule has 2 rings (SSSR count). The smallest absolute Gasteiger partial charge is 0.130 e. The van der Waals surface area contributed by atoms with E-state index in [4.69, 9.17) is 15.3 Å². The average Bonchev–Trinajstić information content (AvgIpc) is 2.53. The molecular formula is C9H11NO2. The van der Waals surface area contributed by atoms with Crippen molar-refractivity contribution in [2.45, 2.75) is 0 Å². The fourth-order valence-corrected chi connectivity index (χ4v) is 1.07. The van der Waals surface area contributed by atoms with E-state index in [9.17, 15) is 0 Å². The molecule has 1 aromatic rings. The van der Waals surface area contributed by atoms with Gasteiger partial charge in [-0.1, -0.05) is 12.1 Å². The Hall–Kier alpha value is -1.35. The number of benzene rings is 1. The zero-order valence-corrected chi connectivity index (χ0v) is 6.87. The third-order valence-electron chi connectivity index (χ3n) is 1.58. The van der Waals surface area contributed by atoms with Gasteiger partial charge in [-0.25, -0.2) is 0 Å². The van der Waals surface area contributed by atoms with Crippen molar-refractivity contribution in [3.05, 3.63) is 29.8 Å². The lowest BCUT2D eigenvalue weighted by atomic mass is 10.1. The van der Waals surface area contributed by atoms with Crippen LogP contribution in [0, 0.1) is 5.41 Å². The maximum atomic E-state index is 7.41. The van der Waals surface area contributed by atoms with Crippen molar-refractivity contribution >= 4 is 5.71 Å². The zero-order valence-electron chi connectivity index (χ0n) is 6.87. The molecule has 3 nitrogen and oxygen atoms in total. The van der Waals surface area contributed by atoms with Gasteiger partial charge in [-0.2, -0.15) is 0 Å². The first kappa shape index (κ1) is 8.74. The highest BCUT2D eigenvalue weighted by atomic mass is 16.5. The van der Waals surface area contributed by atoms with Crippen molar-refractivity contribution in [3.63, 3.8) is 0 Å². The normalized spacial score (nSPS) is 12.7. The molecule has 1 heterocycles. The van der Waals surface area contributed by atoms with Crippen LogP contribution in [0.25, 0.3) is 0 Å². The first-order valence-corrected chi connectivity index (χ1v) is 3.62. The fourth-order valence-electron chi connectivity index (χ4n) is 1.07. The Morgan fingerprint density at radius 3 is 2.67 bits per heavy atom. The molecule has 1 aliphatic heterocycles. The Balaban J connectivity index is 0.000000336. The first-order valence-electron chi connectivity index (χ1n) is 3.62. The molecule has 64 valence electrons. The Labute approximate surface area is 71.1 Å². The summed E-state index contributed by atoms with van der Waals surface area (Å²) in [5.41, 5.74) is 1.51. The summed E-state index contributed by atoms with van der Waals surface area (Å²) in [4.78, 5) is 0. The molecule has 0 aromatic heterocycles. The van der Waals surface area contributed by atoms with E-state index in [0.717, 1.165) is 18.4 Å². The van der Waals surface area contributed by atoms with E-state index in [1.807, 2.05) is 24.3 Å². The molecule has 1 aliphatic rings. The minimum atomic E-state index is 0.430. The van der Waals surface area contributed by atoms with Gasteiger partial charge in [-0.05, 0) is 12.1 Å². The molecule has 0 aliphatic carbocycles. The monoisotopic (exact) mass is 165 g/mol. The highest BCUT2D eigenvalue weighted by Gasteiger charge is 2.15. The average molecular weight is 165 g/mol.